The average molecular weight is 397 g/mol. The van der Waals surface area contributed by atoms with Crippen molar-refractivity contribution in [2.75, 3.05) is 0 Å². The Hall–Kier alpha value is -1.73. The van der Waals surface area contributed by atoms with Gasteiger partial charge in [0.1, 0.15) is 0 Å². The highest BCUT2D eigenvalue weighted by Gasteiger charge is 2.12. The molecule has 0 aliphatic rings. The van der Waals surface area contributed by atoms with Gasteiger partial charge in [-0.25, -0.2) is 4.79 Å². The molecule has 0 atom stereocenters. The van der Waals surface area contributed by atoms with E-state index in [4.69, 9.17) is 5.11 Å². The molecule has 1 N–H and O–H groups in total. The number of hydrogen-bond acceptors (Lipinski definition) is 3. The molecule has 3 aromatic rings. The van der Waals surface area contributed by atoms with Gasteiger partial charge in [-0.3, -0.25) is 4.40 Å². The summed E-state index contributed by atoms with van der Waals surface area (Å²) in [6.07, 6.45) is 1.52. The first-order chi connectivity index (χ1) is 9.54. The van der Waals surface area contributed by atoms with E-state index in [0.29, 0.717) is 11.5 Å². The van der Waals surface area contributed by atoms with Gasteiger partial charge in [0.15, 0.2) is 11.5 Å². The van der Waals surface area contributed by atoms with E-state index in [1.807, 2.05) is 18.2 Å². The Labute approximate surface area is 130 Å². The van der Waals surface area contributed by atoms with Crippen molar-refractivity contribution in [1.82, 2.24) is 14.6 Å². The Kier molecular flexibility index (Phi) is 3.31. The van der Waals surface area contributed by atoms with Crippen molar-refractivity contribution in [2.24, 2.45) is 0 Å². The van der Waals surface area contributed by atoms with E-state index in [0.717, 1.165) is 14.5 Å². The summed E-state index contributed by atoms with van der Waals surface area (Å²) < 4.78 is 3.46. The summed E-state index contributed by atoms with van der Waals surface area (Å²) in [5.41, 5.74) is 1.62. The number of aromatic nitrogens is 3. The summed E-state index contributed by atoms with van der Waals surface area (Å²) in [6, 6.07) is 8.85. The van der Waals surface area contributed by atoms with E-state index in [1.165, 1.54) is 12.3 Å². The second-order valence-electron chi connectivity index (χ2n) is 4.13. The SMILES string of the molecule is O=C(O)c1ccc2nnc(-c3cc(Br)cc(Br)c3)n2c1. The van der Waals surface area contributed by atoms with Crippen LogP contribution in [0.15, 0.2) is 45.5 Å². The number of benzene rings is 1. The van der Waals surface area contributed by atoms with Gasteiger partial charge in [-0.05, 0) is 30.3 Å². The quantitative estimate of drug-likeness (QED) is 0.718. The Bertz CT molecular complexity index is 809. The van der Waals surface area contributed by atoms with E-state index in [9.17, 15) is 4.79 Å². The minimum Gasteiger partial charge on any atom is -0.478 e. The van der Waals surface area contributed by atoms with Gasteiger partial charge in [-0.15, -0.1) is 10.2 Å². The minimum absolute atomic E-state index is 0.188. The lowest BCUT2D eigenvalue weighted by Gasteiger charge is -2.03. The summed E-state index contributed by atoms with van der Waals surface area (Å²) in [6.45, 7) is 0. The first-order valence-electron chi connectivity index (χ1n) is 5.59. The van der Waals surface area contributed by atoms with Gasteiger partial charge in [0.05, 0.1) is 5.56 Å². The fourth-order valence-electron chi connectivity index (χ4n) is 1.90. The summed E-state index contributed by atoms with van der Waals surface area (Å²) in [4.78, 5) is 11.1. The lowest BCUT2D eigenvalue weighted by Crippen LogP contribution is -1.99. The van der Waals surface area contributed by atoms with Crippen LogP contribution in [0.3, 0.4) is 0 Å². The van der Waals surface area contributed by atoms with Crippen LogP contribution < -0.4 is 0 Å². The van der Waals surface area contributed by atoms with E-state index in [-0.39, 0.29) is 5.56 Å². The molecule has 0 amide bonds. The Morgan fingerprint density at radius 1 is 1.10 bits per heavy atom. The van der Waals surface area contributed by atoms with Crippen molar-refractivity contribution in [3.8, 4) is 11.4 Å². The number of aromatic carboxylic acids is 1. The third-order valence-electron chi connectivity index (χ3n) is 2.77. The molecule has 0 fully saturated rings. The van der Waals surface area contributed by atoms with Crippen molar-refractivity contribution in [3.63, 3.8) is 0 Å². The number of carboxylic acid groups (broad SMARTS) is 1. The van der Waals surface area contributed by atoms with Gasteiger partial charge < -0.3 is 5.11 Å². The zero-order valence-electron chi connectivity index (χ0n) is 9.92. The lowest BCUT2D eigenvalue weighted by molar-refractivity contribution is 0.0696. The molecule has 3 rings (SSSR count). The number of carboxylic acids is 1. The Balaban J connectivity index is 2.25. The molecular formula is C13H7Br2N3O2. The summed E-state index contributed by atoms with van der Waals surface area (Å²) in [5.74, 6) is -0.396. The second kappa shape index (κ2) is 4.99. The molecule has 0 spiro atoms. The Morgan fingerprint density at radius 2 is 1.80 bits per heavy atom. The summed E-state index contributed by atoms with van der Waals surface area (Å²) >= 11 is 6.84. The highest BCUT2D eigenvalue weighted by Crippen LogP contribution is 2.27. The molecule has 7 heteroatoms. The van der Waals surface area contributed by atoms with E-state index < -0.39 is 5.97 Å². The third-order valence-corrected chi connectivity index (χ3v) is 3.69. The molecule has 2 aromatic heterocycles. The predicted molar refractivity (Wildman–Crippen MR) is 80.8 cm³/mol. The number of carbonyl (C=O) groups is 1. The second-order valence-corrected chi connectivity index (χ2v) is 5.96. The molecule has 2 heterocycles. The number of pyridine rings is 1. The van der Waals surface area contributed by atoms with E-state index in [2.05, 4.69) is 42.1 Å². The van der Waals surface area contributed by atoms with Crippen LogP contribution in [0, 0.1) is 0 Å². The molecule has 0 saturated heterocycles. The molecule has 1 aromatic carbocycles. The first-order valence-corrected chi connectivity index (χ1v) is 7.18. The van der Waals surface area contributed by atoms with Crippen LogP contribution in [-0.4, -0.2) is 25.7 Å². The minimum atomic E-state index is -0.984. The Morgan fingerprint density at radius 3 is 2.45 bits per heavy atom. The predicted octanol–water partition coefficient (Wildman–Crippen LogP) is 3.62. The normalized spacial score (nSPS) is 10.9. The van der Waals surface area contributed by atoms with Crippen LogP contribution in [-0.2, 0) is 0 Å². The maximum Gasteiger partial charge on any atom is 0.337 e. The smallest absolute Gasteiger partial charge is 0.337 e. The van der Waals surface area contributed by atoms with Gasteiger partial charge in [-0.2, -0.15) is 0 Å². The lowest BCUT2D eigenvalue weighted by atomic mass is 10.2. The monoisotopic (exact) mass is 395 g/mol. The third kappa shape index (κ3) is 2.34. The highest BCUT2D eigenvalue weighted by molar-refractivity contribution is 9.11. The van der Waals surface area contributed by atoms with Gasteiger partial charge in [-0.1, -0.05) is 31.9 Å². The average Bonchev–Trinajstić information content (AvgIpc) is 2.80. The summed E-state index contributed by atoms with van der Waals surface area (Å²) in [7, 11) is 0. The fraction of sp³-hybridized carbons (Fsp3) is 0. The topological polar surface area (TPSA) is 67.5 Å². The van der Waals surface area contributed by atoms with Crippen LogP contribution in [0.1, 0.15) is 10.4 Å². The molecule has 5 nitrogen and oxygen atoms in total. The summed E-state index contributed by atoms with van der Waals surface area (Å²) in [5, 5.41) is 17.2. The molecule has 0 radical (unpaired) electrons. The molecular weight excluding hydrogens is 390 g/mol. The van der Waals surface area contributed by atoms with Crippen molar-refractivity contribution >= 4 is 43.5 Å². The van der Waals surface area contributed by atoms with Gasteiger partial charge in [0.25, 0.3) is 0 Å². The van der Waals surface area contributed by atoms with Gasteiger partial charge in [0.2, 0.25) is 0 Å². The molecule has 0 aliphatic carbocycles. The van der Waals surface area contributed by atoms with Crippen LogP contribution in [0.4, 0.5) is 0 Å². The fourth-order valence-corrected chi connectivity index (χ4v) is 3.19. The molecule has 0 saturated carbocycles. The van der Waals surface area contributed by atoms with Crippen LogP contribution in [0.2, 0.25) is 0 Å². The molecule has 0 bridgehead atoms. The number of fused-ring (bicyclic) bond motifs is 1. The zero-order chi connectivity index (χ0) is 14.3. The number of halogens is 2. The van der Waals surface area contributed by atoms with Crippen molar-refractivity contribution in [3.05, 3.63) is 51.0 Å². The highest BCUT2D eigenvalue weighted by atomic mass is 79.9. The van der Waals surface area contributed by atoms with E-state index in [1.54, 1.807) is 10.5 Å². The number of hydrogen-bond donors (Lipinski definition) is 1. The maximum absolute atomic E-state index is 11.1. The standard InChI is InChI=1S/C13H7Br2N3O2/c14-9-3-8(4-10(15)5-9)12-17-16-11-2-1-7(13(19)20)6-18(11)12/h1-6H,(H,19,20). The number of nitrogens with zero attached hydrogens (tertiary/aromatic N) is 3. The van der Waals surface area contributed by atoms with E-state index >= 15 is 0 Å². The molecule has 100 valence electrons. The van der Waals surface area contributed by atoms with Crippen LogP contribution in [0.5, 0.6) is 0 Å². The van der Waals surface area contributed by atoms with Crippen molar-refractivity contribution in [1.29, 1.82) is 0 Å². The zero-order valence-corrected chi connectivity index (χ0v) is 13.1. The van der Waals surface area contributed by atoms with Crippen molar-refractivity contribution in [2.45, 2.75) is 0 Å². The van der Waals surface area contributed by atoms with Gasteiger partial charge in [0, 0.05) is 20.7 Å². The molecule has 0 unspecified atom stereocenters. The van der Waals surface area contributed by atoms with Crippen LogP contribution >= 0.6 is 31.9 Å². The molecule has 0 aliphatic heterocycles. The number of rotatable bonds is 2. The molecule has 20 heavy (non-hydrogen) atoms. The first kappa shape index (κ1) is 13.3. The van der Waals surface area contributed by atoms with Gasteiger partial charge >= 0.3 is 5.97 Å². The van der Waals surface area contributed by atoms with Crippen LogP contribution in [0.25, 0.3) is 17.0 Å². The largest absolute Gasteiger partial charge is 0.478 e. The maximum atomic E-state index is 11.1. The van der Waals surface area contributed by atoms with Crippen molar-refractivity contribution < 1.29 is 9.90 Å².